The third-order valence-corrected chi connectivity index (χ3v) is 4.85. The Bertz CT molecular complexity index is 691. The van der Waals surface area contributed by atoms with Gasteiger partial charge in [-0.25, -0.2) is 13.4 Å². The summed E-state index contributed by atoms with van der Waals surface area (Å²) in [7, 11) is -2.95. The van der Waals surface area contributed by atoms with Crippen molar-refractivity contribution in [1.82, 2.24) is 10.6 Å². The molecule has 156 valence electrons. The van der Waals surface area contributed by atoms with E-state index in [4.69, 9.17) is 4.74 Å². The summed E-state index contributed by atoms with van der Waals surface area (Å²) in [5.41, 5.74) is 0.880. The molecule has 1 rings (SSSR count). The third kappa shape index (κ3) is 11.4. The second kappa shape index (κ2) is 12.4. The number of guanidine groups is 1. The van der Waals surface area contributed by atoms with Crippen LogP contribution in [0.5, 0.6) is 5.75 Å². The highest BCUT2D eigenvalue weighted by molar-refractivity contribution is 14.0. The van der Waals surface area contributed by atoms with E-state index in [9.17, 15) is 8.42 Å². The molecule has 0 amide bonds. The van der Waals surface area contributed by atoms with Crippen LogP contribution in [0.2, 0.25) is 0 Å². The van der Waals surface area contributed by atoms with Crippen LogP contribution < -0.4 is 15.4 Å². The molecule has 8 heteroatoms. The van der Waals surface area contributed by atoms with Crippen LogP contribution in [0.4, 0.5) is 0 Å². The van der Waals surface area contributed by atoms with Crippen molar-refractivity contribution in [2.24, 2.45) is 10.4 Å². The molecule has 2 N–H and O–H groups in total. The van der Waals surface area contributed by atoms with Crippen molar-refractivity contribution in [1.29, 1.82) is 0 Å². The summed E-state index contributed by atoms with van der Waals surface area (Å²) >= 11 is 0. The van der Waals surface area contributed by atoms with Crippen LogP contribution in [0.3, 0.4) is 0 Å². The van der Waals surface area contributed by atoms with Gasteiger partial charge in [-0.15, -0.1) is 24.0 Å². The van der Waals surface area contributed by atoms with Crippen LogP contribution in [-0.2, 0) is 16.4 Å². The maximum absolute atomic E-state index is 11.4. The van der Waals surface area contributed by atoms with E-state index in [0.29, 0.717) is 32.1 Å². The van der Waals surface area contributed by atoms with Gasteiger partial charge in [-0.1, -0.05) is 32.0 Å². The second-order valence-corrected chi connectivity index (χ2v) is 9.39. The first-order valence-corrected chi connectivity index (χ1v) is 11.1. The van der Waals surface area contributed by atoms with Gasteiger partial charge in [0.2, 0.25) is 0 Å². The van der Waals surface area contributed by atoms with E-state index in [1.807, 2.05) is 38.1 Å². The molecule has 0 aromatic heterocycles. The summed E-state index contributed by atoms with van der Waals surface area (Å²) in [4.78, 5) is 4.63. The minimum absolute atomic E-state index is 0. The lowest BCUT2D eigenvalue weighted by atomic mass is 9.90. The molecule has 0 bridgehead atoms. The molecule has 0 aliphatic carbocycles. The molecule has 27 heavy (non-hydrogen) atoms. The van der Waals surface area contributed by atoms with Crippen LogP contribution in [0.15, 0.2) is 29.3 Å². The first-order valence-electron chi connectivity index (χ1n) is 9.07. The summed E-state index contributed by atoms with van der Waals surface area (Å²) in [6.45, 7) is 10.6. The van der Waals surface area contributed by atoms with Gasteiger partial charge in [0, 0.05) is 24.9 Å². The lowest BCUT2D eigenvalue weighted by Crippen LogP contribution is -2.42. The molecule has 0 aliphatic heterocycles. The van der Waals surface area contributed by atoms with Crippen molar-refractivity contribution >= 4 is 39.8 Å². The highest BCUT2D eigenvalue weighted by Gasteiger charge is 2.20. The Balaban J connectivity index is 0.00000676. The Hall–Kier alpha value is -1.03. The number of rotatable bonds is 10. The fourth-order valence-electron chi connectivity index (χ4n) is 2.31. The number of benzene rings is 1. The number of para-hydroxylation sites is 1. The number of halogens is 1. The van der Waals surface area contributed by atoms with Crippen LogP contribution in [0.1, 0.15) is 39.7 Å². The Morgan fingerprint density at radius 2 is 1.85 bits per heavy atom. The molecule has 1 aromatic rings. The van der Waals surface area contributed by atoms with Crippen molar-refractivity contribution in [3.8, 4) is 5.75 Å². The summed E-state index contributed by atoms with van der Waals surface area (Å²) in [6.07, 6.45) is 1.88. The number of nitrogens with one attached hydrogen (secondary N) is 2. The van der Waals surface area contributed by atoms with E-state index in [-0.39, 0.29) is 35.1 Å². The zero-order valence-corrected chi connectivity index (χ0v) is 20.2. The van der Waals surface area contributed by atoms with Gasteiger partial charge in [0.1, 0.15) is 15.6 Å². The van der Waals surface area contributed by atoms with Crippen molar-refractivity contribution in [2.75, 3.05) is 31.7 Å². The van der Waals surface area contributed by atoms with Gasteiger partial charge in [-0.3, -0.25) is 0 Å². The van der Waals surface area contributed by atoms with Gasteiger partial charge in [0.15, 0.2) is 5.96 Å². The Labute approximate surface area is 181 Å². The molecule has 1 aromatic carbocycles. The highest BCUT2D eigenvalue weighted by Crippen LogP contribution is 2.20. The van der Waals surface area contributed by atoms with E-state index >= 15 is 0 Å². The Kier molecular flexibility index (Phi) is 12.0. The molecule has 0 saturated heterocycles. The lowest BCUT2D eigenvalue weighted by molar-refractivity contribution is 0.336. The third-order valence-electron chi connectivity index (χ3n) is 3.91. The first-order chi connectivity index (χ1) is 12.2. The number of ether oxygens (including phenoxy) is 1. The Morgan fingerprint density at radius 3 is 2.44 bits per heavy atom. The van der Waals surface area contributed by atoms with Crippen molar-refractivity contribution in [3.05, 3.63) is 29.8 Å². The van der Waals surface area contributed by atoms with Gasteiger partial charge in [0.05, 0.1) is 18.9 Å². The van der Waals surface area contributed by atoms with Gasteiger partial charge in [-0.05, 0) is 31.7 Å². The molecule has 0 unspecified atom stereocenters. The monoisotopic (exact) mass is 511 g/mol. The summed E-state index contributed by atoms with van der Waals surface area (Å²) in [6, 6.07) is 7.88. The van der Waals surface area contributed by atoms with Crippen molar-refractivity contribution in [3.63, 3.8) is 0 Å². The quantitative estimate of drug-likeness (QED) is 0.287. The lowest BCUT2D eigenvalue weighted by Gasteiger charge is -2.25. The highest BCUT2D eigenvalue weighted by atomic mass is 127. The minimum atomic E-state index is -2.95. The standard InChI is InChI=1S/C19H33N3O3S.HI/c1-6-20-18(22-15-19(3,4)12-13-26(5,23)24)21-14-16-10-8-9-11-17(16)25-7-2;/h8-11H,6-7,12-15H2,1-5H3,(H2,20,21,22);1H. The second-order valence-electron chi connectivity index (χ2n) is 7.13. The predicted molar refractivity (Wildman–Crippen MR) is 124 cm³/mol. The summed E-state index contributed by atoms with van der Waals surface area (Å²) in [5.74, 6) is 1.76. The zero-order chi connectivity index (χ0) is 19.6. The summed E-state index contributed by atoms with van der Waals surface area (Å²) < 4.78 is 28.4. The molecule has 0 radical (unpaired) electrons. The number of hydrogen-bond donors (Lipinski definition) is 2. The van der Waals surface area contributed by atoms with Crippen LogP contribution >= 0.6 is 24.0 Å². The number of sulfone groups is 1. The molecular weight excluding hydrogens is 477 g/mol. The van der Waals surface area contributed by atoms with E-state index in [0.717, 1.165) is 17.9 Å². The van der Waals surface area contributed by atoms with E-state index in [2.05, 4.69) is 29.5 Å². The van der Waals surface area contributed by atoms with Gasteiger partial charge in [-0.2, -0.15) is 0 Å². The maximum Gasteiger partial charge on any atom is 0.191 e. The largest absolute Gasteiger partial charge is 0.494 e. The Morgan fingerprint density at radius 1 is 1.19 bits per heavy atom. The zero-order valence-electron chi connectivity index (χ0n) is 17.0. The molecule has 0 atom stereocenters. The van der Waals surface area contributed by atoms with Crippen LogP contribution in [0, 0.1) is 5.41 Å². The van der Waals surface area contributed by atoms with Crippen molar-refractivity contribution < 1.29 is 13.2 Å². The molecular formula is C19H34IN3O3S. The molecule has 0 saturated carbocycles. The fourth-order valence-corrected chi connectivity index (χ4v) is 3.23. The minimum Gasteiger partial charge on any atom is -0.494 e. The average molecular weight is 511 g/mol. The van der Waals surface area contributed by atoms with Gasteiger partial charge < -0.3 is 15.4 Å². The molecule has 0 spiro atoms. The maximum atomic E-state index is 11.4. The normalized spacial score (nSPS) is 12.3. The van der Waals surface area contributed by atoms with Gasteiger partial charge in [0.25, 0.3) is 0 Å². The van der Waals surface area contributed by atoms with Gasteiger partial charge >= 0.3 is 0 Å². The fraction of sp³-hybridized carbons (Fsp3) is 0.632. The van der Waals surface area contributed by atoms with E-state index in [1.54, 1.807) is 0 Å². The average Bonchev–Trinajstić information content (AvgIpc) is 2.57. The topological polar surface area (TPSA) is 79.8 Å². The summed E-state index contributed by atoms with van der Waals surface area (Å²) in [5, 5.41) is 6.55. The molecule has 0 heterocycles. The SMILES string of the molecule is CCNC(=NCc1ccccc1OCC)NCC(C)(C)CCS(C)(=O)=O.I. The van der Waals surface area contributed by atoms with E-state index < -0.39 is 9.84 Å². The van der Waals surface area contributed by atoms with Crippen LogP contribution in [-0.4, -0.2) is 46.1 Å². The molecule has 6 nitrogen and oxygen atoms in total. The predicted octanol–water partition coefficient (Wildman–Crippen LogP) is 3.22. The number of nitrogens with zero attached hydrogens (tertiary/aromatic N) is 1. The molecule has 0 fully saturated rings. The van der Waals surface area contributed by atoms with E-state index in [1.165, 1.54) is 6.26 Å². The van der Waals surface area contributed by atoms with Crippen LogP contribution in [0.25, 0.3) is 0 Å². The number of hydrogen-bond acceptors (Lipinski definition) is 4. The van der Waals surface area contributed by atoms with Crippen molar-refractivity contribution in [2.45, 2.75) is 40.7 Å². The number of aliphatic imine (C=N–C) groups is 1. The first kappa shape index (κ1) is 26.0. The molecule has 0 aliphatic rings. The smallest absolute Gasteiger partial charge is 0.191 e.